The SMILES string of the molecule is CC12CCCCC1CCC1C2CC[C@@]2(C)C1CC[C@@H]2CCC(C(=O)O)C(=O)O. The van der Waals surface area contributed by atoms with Crippen LogP contribution in [0.5, 0.6) is 0 Å². The van der Waals surface area contributed by atoms with Gasteiger partial charge in [0.2, 0.25) is 0 Å². The monoisotopic (exact) mass is 390 g/mol. The molecule has 4 nitrogen and oxygen atoms in total. The Morgan fingerprint density at radius 1 is 0.857 bits per heavy atom. The Bertz CT molecular complexity index is 616. The number of rotatable bonds is 5. The molecular formula is C24H38O4. The van der Waals surface area contributed by atoms with Crippen molar-refractivity contribution in [1.29, 1.82) is 0 Å². The fourth-order valence-electron chi connectivity index (χ4n) is 8.60. The molecule has 4 fully saturated rings. The average Bonchev–Trinajstić information content (AvgIpc) is 2.97. The first-order valence-electron chi connectivity index (χ1n) is 11.7. The third-order valence-corrected chi connectivity index (χ3v) is 10.2. The zero-order valence-electron chi connectivity index (χ0n) is 17.7. The van der Waals surface area contributed by atoms with E-state index in [1.54, 1.807) is 0 Å². The van der Waals surface area contributed by atoms with E-state index in [9.17, 15) is 19.8 Å². The highest BCUT2D eigenvalue weighted by Gasteiger charge is 2.59. The Morgan fingerprint density at radius 2 is 1.57 bits per heavy atom. The minimum absolute atomic E-state index is 0.283. The predicted octanol–water partition coefficient (Wildman–Crippen LogP) is 5.60. The number of carboxylic acid groups (broad SMARTS) is 2. The minimum Gasteiger partial charge on any atom is -0.481 e. The molecule has 2 N–H and O–H groups in total. The van der Waals surface area contributed by atoms with Gasteiger partial charge in [-0.05, 0) is 105 Å². The van der Waals surface area contributed by atoms with E-state index >= 15 is 0 Å². The van der Waals surface area contributed by atoms with Gasteiger partial charge in [0.25, 0.3) is 0 Å². The number of fused-ring (bicyclic) bond motifs is 5. The van der Waals surface area contributed by atoms with E-state index in [0.29, 0.717) is 16.7 Å². The van der Waals surface area contributed by atoms with Crippen molar-refractivity contribution in [3.8, 4) is 0 Å². The average molecular weight is 391 g/mol. The van der Waals surface area contributed by atoms with Crippen LogP contribution in [-0.2, 0) is 9.59 Å². The van der Waals surface area contributed by atoms with Crippen LogP contribution in [0.1, 0.15) is 90.9 Å². The topological polar surface area (TPSA) is 74.6 Å². The van der Waals surface area contributed by atoms with Gasteiger partial charge in [0, 0.05) is 0 Å². The van der Waals surface area contributed by atoms with Crippen LogP contribution in [0.4, 0.5) is 0 Å². The molecule has 0 radical (unpaired) electrons. The second kappa shape index (κ2) is 7.32. The molecule has 0 aromatic rings. The standard InChI is InChI=1S/C24H38O4/c1-23-13-4-3-5-15(23)6-9-17-19-11-8-16(24(19,2)14-12-20(17)23)7-10-18(21(25)26)22(27)28/h15-20H,3-14H2,1-2H3,(H,25,26)(H,27,28)/t15?,16-,17?,19?,20?,23?,24+/m0/s1. The molecule has 4 heteroatoms. The summed E-state index contributed by atoms with van der Waals surface area (Å²) in [6, 6.07) is 0. The molecule has 4 saturated carbocycles. The smallest absolute Gasteiger partial charge is 0.317 e. The van der Waals surface area contributed by atoms with E-state index in [1.807, 2.05) is 0 Å². The summed E-state index contributed by atoms with van der Waals surface area (Å²) in [5.74, 6) is 0.332. The van der Waals surface area contributed by atoms with Crippen molar-refractivity contribution in [1.82, 2.24) is 0 Å². The van der Waals surface area contributed by atoms with Gasteiger partial charge in [0.1, 0.15) is 0 Å². The van der Waals surface area contributed by atoms with E-state index in [0.717, 1.165) is 36.5 Å². The Hall–Kier alpha value is -1.06. The molecule has 0 aromatic heterocycles. The maximum Gasteiger partial charge on any atom is 0.317 e. The predicted molar refractivity (Wildman–Crippen MR) is 108 cm³/mol. The van der Waals surface area contributed by atoms with Crippen molar-refractivity contribution in [2.45, 2.75) is 90.9 Å². The van der Waals surface area contributed by atoms with E-state index in [4.69, 9.17) is 0 Å². The highest BCUT2D eigenvalue weighted by Crippen LogP contribution is 2.67. The van der Waals surface area contributed by atoms with Gasteiger partial charge in [-0.15, -0.1) is 0 Å². The molecule has 0 aromatic carbocycles. The first-order chi connectivity index (χ1) is 13.3. The van der Waals surface area contributed by atoms with Crippen molar-refractivity contribution < 1.29 is 19.8 Å². The largest absolute Gasteiger partial charge is 0.481 e. The molecule has 4 aliphatic carbocycles. The first kappa shape index (κ1) is 20.2. The Kier molecular flexibility index (Phi) is 5.29. The van der Waals surface area contributed by atoms with Gasteiger partial charge in [-0.2, -0.15) is 0 Å². The Morgan fingerprint density at radius 3 is 2.29 bits per heavy atom. The molecule has 158 valence electrons. The first-order valence-corrected chi connectivity index (χ1v) is 11.7. The van der Waals surface area contributed by atoms with Gasteiger partial charge in [0.15, 0.2) is 5.92 Å². The second-order valence-corrected chi connectivity index (χ2v) is 11.0. The molecule has 0 spiro atoms. The molecule has 0 aliphatic heterocycles. The summed E-state index contributed by atoms with van der Waals surface area (Å²) >= 11 is 0. The van der Waals surface area contributed by atoms with Gasteiger partial charge in [-0.25, -0.2) is 0 Å². The van der Waals surface area contributed by atoms with Gasteiger partial charge in [-0.1, -0.05) is 26.7 Å². The molecule has 0 saturated heterocycles. The molecule has 0 amide bonds. The summed E-state index contributed by atoms with van der Waals surface area (Å²) in [6.45, 7) is 5.06. The van der Waals surface area contributed by atoms with Crippen LogP contribution in [0.3, 0.4) is 0 Å². The molecule has 28 heavy (non-hydrogen) atoms. The van der Waals surface area contributed by atoms with Gasteiger partial charge in [-0.3, -0.25) is 9.59 Å². The fraction of sp³-hybridized carbons (Fsp3) is 0.917. The third kappa shape index (κ3) is 3.10. The van der Waals surface area contributed by atoms with E-state index in [-0.39, 0.29) is 6.42 Å². The summed E-state index contributed by atoms with van der Waals surface area (Å²) in [7, 11) is 0. The van der Waals surface area contributed by atoms with Crippen LogP contribution < -0.4 is 0 Å². The zero-order valence-corrected chi connectivity index (χ0v) is 17.7. The highest BCUT2D eigenvalue weighted by atomic mass is 16.4. The van der Waals surface area contributed by atoms with E-state index in [2.05, 4.69) is 13.8 Å². The number of hydrogen-bond acceptors (Lipinski definition) is 2. The Labute approximate surface area is 169 Å². The molecular weight excluding hydrogens is 352 g/mol. The van der Waals surface area contributed by atoms with Crippen LogP contribution >= 0.6 is 0 Å². The number of aliphatic carboxylic acids is 2. The second-order valence-electron chi connectivity index (χ2n) is 11.0. The lowest BCUT2D eigenvalue weighted by molar-refractivity contribution is -0.155. The molecule has 5 unspecified atom stereocenters. The summed E-state index contributed by atoms with van der Waals surface area (Å²) in [4.78, 5) is 22.6. The number of hydrogen-bond donors (Lipinski definition) is 2. The zero-order chi connectivity index (χ0) is 20.1. The number of carboxylic acids is 2. The van der Waals surface area contributed by atoms with Crippen molar-refractivity contribution in [2.75, 3.05) is 0 Å². The molecule has 4 aliphatic rings. The van der Waals surface area contributed by atoms with Gasteiger partial charge < -0.3 is 10.2 Å². The lowest BCUT2D eigenvalue weighted by Crippen LogP contribution is -2.52. The maximum atomic E-state index is 11.3. The van der Waals surface area contributed by atoms with Gasteiger partial charge in [0.05, 0.1) is 0 Å². The molecule has 4 rings (SSSR count). The molecule has 7 atom stereocenters. The summed E-state index contributed by atoms with van der Waals surface area (Å²) < 4.78 is 0. The summed E-state index contributed by atoms with van der Waals surface area (Å²) in [5.41, 5.74) is 0.846. The van der Waals surface area contributed by atoms with Crippen LogP contribution in [0.2, 0.25) is 0 Å². The van der Waals surface area contributed by atoms with Crippen LogP contribution in [-0.4, -0.2) is 22.2 Å². The Balaban J connectivity index is 1.48. The molecule has 0 bridgehead atoms. The third-order valence-electron chi connectivity index (χ3n) is 10.2. The van der Waals surface area contributed by atoms with Crippen molar-refractivity contribution in [3.63, 3.8) is 0 Å². The normalized spacial score (nSPS) is 45.2. The summed E-state index contributed by atoms with van der Waals surface area (Å²) in [6.07, 6.45) is 14.6. The minimum atomic E-state index is -1.24. The lowest BCUT2D eigenvalue weighted by atomic mass is 9.45. The quantitative estimate of drug-likeness (QED) is 0.599. The van der Waals surface area contributed by atoms with Crippen LogP contribution in [0, 0.1) is 46.3 Å². The highest BCUT2D eigenvalue weighted by molar-refractivity contribution is 5.92. The number of carbonyl (C=O) groups is 2. The van der Waals surface area contributed by atoms with Gasteiger partial charge >= 0.3 is 11.9 Å². The van der Waals surface area contributed by atoms with Crippen LogP contribution in [0.25, 0.3) is 0 Å². The summed E-state index contributed by atoms with van der Waals surface area (Å²) in [5, 5.41) is 18.5. The van der Waals surface area contributed by atoms with Crippen molar-refractivity contribution >= 4 is 11.9 Å². The van der Waals surface area contributed by atoms with Crippen molar-refractivity contribution in [2.24, 2.45) is 46.3 Å². The fourth-order valence-corrected chi connectivity index (χ4v) is 8.60. The maximum absolute atomic E-state index is 11.3. The molecule has 0 heterocycles. The van der Waals surface area contributed by atoms with Crippen molar-refractivity contribution in [3.05, 3.63) is 0 Å². The van der Waals surface area contributed by atoms with Crippen LogP contribution in [0.15, 0.2) is 0 Å². The van der Waals surface area contributed by atoms with E-state index in [1.165, 1.54) is 57.8 Å². The lowest BCUT2D eigenvalue weighted by Gasteiger charge is -2.60. The van der Waals surface area contributed by atoms with E-state index < -0.39 is 17.9 Å².